The van der Waals surface area contributed by atoms with E-state index in [1.165, 1.54) is 16.7 Å². The minimum atomic E-state index is -2.81. The number of sulfone groups is 1. The van der Waals surface area contributed by atoms with Crippen molar-refractivity contribution in [2.24, 2.45) is 0 Å². The molecule has 0 saturated carbocycles. The van der Waals surface area contributed by atoms with E-state index >= 15 is 0 Å². The first-order chi connectivity index (χ1) is 8.01. The van der Waals surface area contributed by atoms with Gasteiger partial charge in [0.05, 0.1) is 5.75 Å². The van der Waals surface area contributed by atoms with Crippen molar-refractivity contribution in [3.05, 3.63) is 29.8 Å². The first-order valence-electron chi connectivity index (χ1n) is 5.55. The van der Waals surface area contributed by atoms with Crippen LogP contribution in [0.1, 0.15) is 12.0 Å². The quantitative estimate of drug-likeness (QED) is 0.609. The van der Waals surface area contributed by atoms with Crippen molar-refractivity contribution < 1.29 is 8.42 Å². The summed E-state index contributed by atoms with van der Waals surface area (Å²) in [4.78, 5) is 1.19. The van der Waals surface area contributed by atoms with Gasteiger partial charge in [-0.05, 0) is 36.9 Å². The molecule has 0 aromatic heterocycles. The summed E-state index contributed by atoms with van der Waals surface area (Å²) >= 11 is 1.70. The van der Waals surface area contributed by atoms with Crippen LogP contribution in [0, 0.1) is 0 Å². The molecule has 0 aliphatic heterocycles. The van der Waals surface area contributed by atoms with Crippen molar-refractivity contribution in [1.29, 1.82) is 0 Å². The van der Waals surface area contributed by atoms with Gasteiger partial charge in [-0.3, -0.25) is 0 Å². The zero-order chi connectivity index (χ0) is 12.7. The van der Waals surface area contributed by atoms with Gasteiger partial charge in [-0.15, -0.1) is 11.8 Å². The lowest BCUT2D eigenvalue weighted by Gasteiger charge is -2.03. The molecule has 0 atom stereocenters. The Kier molecular flexibility index (Phi) is 6.02. The summed E-state index contributed by atoms with van der Waals surface area (Å²) in [7, 11) is -0.890. The monoisotopic (exact) mass is 273 g/mol. The maximum absolute atomic E-state index is 10.9. The van der Waals surface area contributed by atoms with Crippen molar-refractivity contribution >= 4 is 21.6 Å². The fourth-order valence-electron chi connectivity index (χ4n) is 1.42. The van der Waals surface area contributed by atoms with Gasteiger partial charge in [0.1, 0.15) is 9.84 Å². The molecule has 1 rings (SSSR count). The van der Waals surface area contributed by atoms with Gasteiger partial charge in [0.15, 0.2) is 0 Å². The molecule has 0 unspecified atom stereocenters. The third kappa shape index (κ3) is 6.71. The number of hydrogen-bond acceptors (Lipinski definition) is 4. The molecule has 0 amide bonds. The Bertz CT molecular complexity index is 426. The molecule has 1 N–H and O–H groups in total. The average molecular weight is 273 g/mol. The molecule has 0 aliphatic carbocycles. The van der Waals surface area contributed by atoms with E-state index in [9.17, 15) is 8.42 Å². The molecule has 0 spiro atoms. The highest BCUT2D eigenvalue weighted by Gasteiger charge is 2.01. The highest BCUT2D eigenvalue weighted by Crippen LogP contribution is 2.19. The average Bonchev–Trinajstić information content (AvgIpc) is 2.26. The second kappa shape index (κ2) is 7.03. The van der Waals surface area contributed by atoms with Crippen LogP contribution in [0.5, 0.6) is 0 Å². The Morgan fingerprint density at radius 3 is 2.41 bits per heavy atom. The molecule has 1 aromatic rings. The molecule has 0 fully saturated rings. The summed E-state index contributed by atoms with van der Waals surface area (Å²) in [5.41, 5.74) is 1.26. The van der Waals surface area contributed by atoms with Gasteiger partial charge in [-0.1, -0.05) is 12.1 Å². The molecular weight excluding hydrogens is 254 g/mol. The van der Waals surface area contributed by atoms with E-state index in [0.717, 1.165) is 12.3 Å². The summed E-state index contributed by atoms with van der Waals surface area (Å²) in [5.74, 6) is 1.12. The summed E-state index contributed by atoms with van der Waals surface area (Å²) in [6.45, 7) is 0.874. The summed E-state index contributed by atoms with van der Waals surface area (Å²) < 4.78 is 21.9. The molecule has 0 saturated heterocycles. The second-order valence-electron chi connectivity index (χ2n) is 4.01. The number of nitrogens with one attached hydrogen (secondary N) is 1. The standard InChI is InChI=1S/C12H19NO2S2/c1-13-10-11-4-6-12(7-5-11)16-8-3-9-17(2,14)15/h4-7,13H,3,8-10H2,1-2H3. The number of thioether (sulfide) groups is 1. The van der Waals surface area contributed by atoms with Gasteiger partial charge in [-0.25, -0.2) is 8.42 Å². The molecule has 5 heteroatoms. The molecule has 0 heterocycles. The van der Waals surface area contributed by atoms with Crippen LogP contribution < -0.4 is 5.32 Å². The van der Waals surface area contributed by atoms with E-state index in [1.807, 2.05) is 7.05 Å². The van der Waals surface area contributed by atoms with E-state index < -0.39 is 9.84 Å². The Morgan fingerprint density at radius 1 is 1.24 bits per heavy atom. The van der Waals surface area contributed by atoms with Crippen LogP contribution in [-0.2, 0) is 16.4 Å². The van der Waals surface area contributed by atoms with Gasteiger partial charge in [0, 0.05) is 17.7 Å². The molecule has 1 aromatic carbocycles. The summed E-state index contributed by atoms with van der Waals surface area (Å²) in [5, 5.41) is 3.10. The molecule has 0 aliphatic rings. The maximum atomic E-state index is 10.9. The zero-order valence-corrected chi connectivity index (χ0v) is 11.9. The lowest BCUT2D eigenvalue weighted by atomic mass is 10.2. The number of benzene rings is 1. The van der Waals surface area contributed by atoms with Gasteiger partial charge in [0.25, 0.3) is 0 Å². The summed E-state index contributed by atoms with van der Waals surface area (Å²) in [6.07, 6.45) is 1.99. The second-order valence-corrected chi connectivity index (χ2v) is 7.43. The topological polar surface area (TPSA) is 46.2 Å². The highest BCUT2D eigenvalue weighted by atomic mass is 32.2. The molecule has 3 nitrogen and oxygen atoms in total. The zero-order valence-electron chi connectivity index (χ0n) is 10.3. The van der Waals surface area contributed by atoms with E-state index in [4.69, 9.17) is 0 Å². The van der Waals surface area contributed by atoms with Gasteiger partial charge < -0.3 is 5.32 Å². The molecule has 0 bridgehead atoms. The Balaban J connectivity index is 2.32. The van der Waals surface area contributed by atoms with Crippen LogP contribution >= 0.6 is 11.8 Å². The number of rotatable bonds is 7. The normalized spacial score (nSPS) is 11.6. The fourth-order valence-corrected chi connectivity index (χ4v) is 3.12. The fraction of sp³-hybridized carbons (Fsp3) is 0.500. The third-order valence-electron chi connectivity index (χ3n) is 2.23. The van der Waals surface area contributed by atoms with Crippen molar-refractivity contribution in [3.8, 4) is 0 Å². The largest absolute Gasteiger partial charge is 0.316 e. The Morgan fingerprint density at radius 2 is 1.88 bits per heavy atom. The third-order valence-corrected chi connectivity index (χ3v) is 4.36. The van der Waals surface area contributed by atoms with E-state index in [-0.39, 0.29) is 5.75 Å². The molecule has 0 radical (unpaired) electrons. The van der Waals surface area contributed by atoms with Crippen LogP contribution in [0.15, 0.2) is 29.2 Å². The first kappa shape index (κ1) is 14.5. The lowest BCUT2D eigenvalue weighted by Crippen LogP contribution is -2.04. The highest BCUT2D eigenvalue weighted by molar-refractivity contribution is 7.99. The van der Waals surface area contributed by atoms with Crippen molar-refractivity contribution in [3.63, 3.8) is 0 Å². The van der Waals surface area contributed by atoms with Crippen LogP contribution in [0.3, 0.4) is 0 Å². The van der Waals surface area contributed by atoms with Crippen LogP contribution in [0.2, 0.25) is 0 Å². The SMILES string of the molecule is CNCc1ccc(SCCCS(C)(=O)=O)cc1. The van der Waals surface area contributed by atoms with Gasteiger partial charge >= 0.3 is 0 Å². The Labute approximate surface area is 108 Å². The van der Waals surface area contributed by atoms with E-state index in [2.05, 4.69) is 29.6 Å². The lowest BCUT2D eigenvalue weighted by molar-refractivity contribution is 0.600. The van der Waals surface area contributed by atoms with Crippen LogP contribution in [0.4, 0.5) is 0 Å². The van der Waals surface area contributed by atoms with Crippen molar-refractivity contribution in [1.82, 2.24) is 5.32 Å². The van der Waals surface area contributed by atoms with Gasteiger partial charge in [0.2, 0.25) is 0 Å². The Hall–Kier alpha value is -0.520. The van der Waals surface area contributed by atoms with Crippen molar-refractivity contribution in [2.45, 2.75) is 17.9 Å². The van der Waals surface area contributed by atoms with E-state index in [0.29, 0.717) is 6.42 Å². The predicted octanol–water partition coefficient (Wildman–Crippen LogP) is 1.93. The predicted molar refractivity (Wildman–Crippen MR) is 74.3 cm³/mol. The maximum Gasteiger partial charge on any atom is 0.147 e. The van der Waals surface area contributed by atoms with Crippen molar-refractivity contribution in [2.75, 3.05) is 24.8 Å². The minimum Gasteiger partial charge on any atom is -0.316 e. The molecule has 17 heavy (non-hydrogen) atoms. The number of hydrogen-bond donors (Lipinski definition) is 1. The first-order valence-corrected chi connectivity index (χ1v) is 8.60. The molecule has 96 valence electrons. The minimum absolute atomic E-state index is 0.276. The van der Waals surface area contributed by atoms with Gasteiger partial charge in [-0.2, -0.15) is 0 Å². The van der Waals surface area contributed by atoms with E-state index in [1.54, 1.807) is 11.8 Å². The van der Waals surface area contributed by atoms with Crippen LogP contribution in [-0.4, -0.2) is 33.2 Å². The summed E-state index contributed by atoms with van der Waals surface area (Å²) in [6, 6.07) is 8.35. The van der Waals surface area contributed by atoms with Crippen LogP contribution in [0.25, 0.3) is 0 Å². The molecular formula is C12H19NO2S2. The smallest absolute Gasteiger partial charge is 0.147 e.